The van der Waals surface area contributed by atoms with Gasteiger partial charge >= 0.3 is 11.8 Å². The molecule has 0 fully saturated rings. The Hall–Kier alpha value is -4.28. The third-order valence-electron chi connectivity index (χ3n) is 5.88. The number of nitrogens with zero attached hydrogens (tertiary/aromatic N) is 3. The van der Waals surface area contributed by atoms with Crippen molar-refractivity contribution in [1.29, 1.82) is 0 Å². The summed E-state index contributed by atoms with van der Waals surface area (Å²) in [5.41, 5.74) is 1.37. The van der Waals surface area contributed by atoms with Gasteiger partial charge < -0.3 is 15.4 Å². The average molecular weight is 542 g/mol. The number of aromatic nitrogens is 3. The van der Waals surface area contributed by atoms with Gasteiger partial charge in [0, 0.05) is 20.8 Å². The summed E-state index contributed by atoms with van der Waals surface area (Å²) in [6, 6.07) is 10.7. The molecule has 2 atom stereocenters. The van der Waals surface area contributed by atoms with Gasteiger partial charge in [0.05, 0.1) is 12.6 Å². The molecule has 11 heteroatoms. The van der Waals surface area contributed by atoms with Crippen LogP contribution in [0.4, 0.5) is 4.79 Å². The second-order valence-corrected chi connectivity index (χ2v) is 10.1. The number of hydrogen-bond donors (Lipinski definition) is 2. The second-order valence-electron chi connectivity index (χ2n) is 10.1. The van der Waals surface area contributed by atoms with Crippen LogP contribution in [0.25, 0.3) is 11.4 Å². The van der Waals surface area contributed by atoms with Gasteiger partial charge in [0.15, 0.2) is 11.6 Å². The summed E-state index contributed by atoms with van der Waals surface area (Å²) in [6.07, 6.45) is 3.02. The maximum atomic E-state index is 13.4. The third-order valence-corrected chi connectivity index (χ3v) is 5.88. The summed E-state index contributed by atoms with van der Waals surface area (Å²) in [7, 11) is 0. The zero-order valence-electron chi connectivity index (χ0n) is 22.6. The van der Waals surface area contributed by atoms with Gasteiger partial charge in [-0.2, -0.15) is 0 Å². The molecule has 2 N–H and O–H groups in total. The van der Waals surface area contributed by atoms with E-state index in [1.165, 1.54) is 12.4 Å². The minimum absolute atomic E-state index is 0. The summed E-state index contributed by atoms with van der Waals surface area (Å²) < 4.78 is 11.2. The molecule has 0 aliphatic rings. The van der Waals surface area contributed by atoms with Crippen molar-refractivity contribution in [2.24, 2.45) is 11.8 Å². The highest BCUT2D eigenvalue weighted by Gasteiger charge is 2.29. The summed E-state index contributed by atoms with van der Waals surface area (Å²) in [5, 5.41) is 9.22. The topological polar surface area (TPSA) is 145 Å². The molecule has 0 spiro atoms. The number of pyridine rings is 1. The van der Waals surface area contributed by atoms with E-state index in [4.69, 9.17) is 9.26 Å². The standard InChI is InChI=1S/C28H35N5O6.2H2/c1-18(2)14-22(24(34)16-33-25(32-39-28(33)37)21-10-12-29-13-11-21)30-26(35)23(15-19(3)4)31-27(36)38-17-20-8-6-5-7-9-20;;/h5-13,18-19,22-23H,14-17H2,1-4H3,(H,30,35)(H,31,36);2*1H/t22-,23-;;/m0../s1. The fourth-order valence-electron chi connectivity index (χ4n) is 4.01. The van der Waals surface area contributed by atoms with Crippen LogP contribution in [-0.4, -0.2) is 44.6 Å². The van der Waals surface area contributed by atoms with E-state index in [0.29, 0.717) is 18.4 Å². The number of nitrogens with one attached hydrogen (secondary N) is 2. The zero-order chi connectivity index (χ0) is 28.4. The Balaban J connectivity index is 0.00000420. The molecule has 3 rings (SSSR count). The van der Waals surface area contributed by atoms with Crippen molar-refractivity contribution in [1.82, 2.24) is 25.3 Å². The number of alkyl carbamates (subject to hydrolysis) is 1. The number of ether oxygens (including phenoxy) is 1. The lowest BCUT2D eigenvalue weighted by molar-refractivity contribution is -0.129. The predicted octanol–water partition coefficient (Wildman–Crippen LogP) is 3.83. The molecule has 0 aliphatic carbocycles. The highest BCUT2D eigenvalue weighted by atomic mass is 16.5. The smallest absolute Gasteiger partial charge is 0.442 e. The molecular weight excluding hydrogens is 502 g/mol. The van der Waals surface area contributed by atoms with Gasteiger partial charge in [-0.1, -0.05) is 63.2 Å². The van der Waals surface area contributed by atoms with Crippen molar-refractivity contribution < 1.29 is 26.5 Å². The normalized spacial score (nSPS) is 12.7. The monoisotopic (exact) mass is 541 g/mol. The van der Waals surface area contributed by atoms with Gasteiger partial charge in [0.25, 0.3) is 0 Å². The quantitative estimate of drug-likeness (QED) is 0.332. The SMILES string of the molecule is CC(C)C[C@H](NC(=O)[C@H](CC(C)C)NC(=O)OCc1ccccc1)C(=O)Cn1c(-c2ccncc2)noc1=O.[HH].[HH]. The van der Waals surface area contributed by atoms with E-state index in [-0.39, 0.29) is 33.7 Å². The molecule has 0 saturated carbocycles. The highest BCUT2D eigenvalue weighted by Crippen LogP contribution is 2.16. The van der Waals surface area contributed by atoms with Crippen LogP contribution in [0.3, 0.4) is 0 Å². The second kappa shape index (κ2) is 14.0. The van der Waals surface area contributed by atoms with Crippen LogP contribution in [0.5, 0.6) is 0 Å². The van der Waals surface area contributed by atoms with Crippen LogP contribution >= 0.6 is 0 Å². The Morgan fingerprint density at radius 1 is 0.949 bits per heavy atom. The Kier molecular flexibility index (Phi) is 10.5. The van der Waals surface area contributed by atoms with E-state index < -0.39 is 35.6 Å². The Bertz CT molecular complexity index is 1300. The lowest BCUT2D eigenvalue weighted by Crippen LogP contribution is -2.53. The number of carbonyl (C=O) groups excluding carboxylic acids is 3. The largest absolute Gasteiger partial charge is 0.445 e. The van der Waals surface area contributed by atoms with Crippen molar-refractivity contribution in [3.05, 3.63) is 71.0 Å². The van der Waals surface area contributed by atoms with Crippen LogP contribution < -0.4 is 16.4 Å². The van der Waals surface area contributed by atoms with E-state index >= 15 is 0 Å². The van der Waals surface area contributed by atoms with Crippen molar-refractivity contribution >= 4 is 17.8 Å². The predicted molar refractivity (Wildman–Crippen MR) is 148 cm³/mol. The van der Waals surface area contributed by atoms with Crippen LogP contribution in [0, 0.1) is 11.8 Å². The molecule has 39 heavy (non-hydrogen) atoms. The average Bonchev–Trinajstić information content (AvgIpc) is 3.27. The van der Waals surface area contributed by atoms with Crippen LogP contribution in [0.15, 0.2) is 64.2 Å². The van der Waals surface area contributed by atoms with E-state index in [0.717, 1.165) is 10.1 Å². The molecule has 2 aromatic heterocycles. The molecule has 2 amide bonds. The number of benzene rings is 1. The fourth-order valence-corrected chi connectivity index (χ4v) is 4.01. The van der Waals surface area contributed by atoms with Crippen LogP contribution in [0.2, 0.25) is 0 Å². The molecule has 1 aromatic carbocycles. The number of hydrogen-bond acceptors (Lipinski definition) is 8. The molecule has 212 valence electrons. The van der Waals surface area contributed by atoms with Crippen molar-refractivity contribution in [3.63, 3.8) is 0 Å². The lowest BCUT2D eigenvalue weighted by atomic mass is 9.98. The molecule has 2 heterocycles. The van der Waals surface area contributed by atoms with Crippen molar-refractivity contribution in [2.75, 3.05) is 0 Å². The Morgan fingerprint density at radius 2 is 1.59 bits per heavy atom. The number of rotatable bonds is 13. The summed E-state index contributed by atoms with van der Waals surface area (Å²) in [4.78, 5) is 55.5. The van der Waals surface area contributed by atoms with Crippen LogP contribution in [-0.2, 0) is 27.5 Å². The lowest BCUT2D eigenvalue weighted by Gasteiger charge is -2.25. The molecule has 0 unspecified atom stereocenters. The number of Topliss-reactive ketones (excluding diaryl/α,β-unsaturated/α-hetero) is 1. The van der Waals surface area contributed by atoms with Gasteiger partial charge in [0.1, 0.15) is 12.6 Å². The van der Waals surface area contributed by atoms with Gasteiger partial charge in [-0.05, 0) is 42.4 Å². The molecule has 3 aromatic rings. The minimum atomic E-state index is -0.915. The van der Waals surface area contributed by atoms with E-state index in [9.17, 15) is 19.2 Å². The van der Waals surface area contributed by atoms with Gasteiger partial charge in [-0.3, -0.25) is 19.1 Å². The third kappa shape index (κ3) is 8.91. The first kappa shape index (κ1) is 29.3. The molecule has 0 saturated heterocycles. The molecule has 11 nitrogen and oxygen atoms in total. The number of carbonyl (C=O) groups is 3. The van der Waals surface area contributed by atoms with Crippen LogP contribution in [0.1, 0.15) is 49.0 Å². The first-order valence-electron chi connectivity index (χ1n) is 12.9. The van der Waals surface area contributed by atoms with E-state index in [2.05, 4.69) is 20.8 Å². The Labute approximate surface area is 229 Å². The summed E-state index contributed by atoms with van der Waals surface area (Å²) in [5.74, 6) is -1.37. The maximum absolute atomic E-state index is 13.4. The summed E-state index contributed by atoms with van der Waals surface area (Å²) in [6.45, 7) is 7.40. The van der Waals surface area contributed by atoms with Gasteiger partial charge in [-0.25, -0.2) is 14.2 Å². The van der Waals surface area contributed by atoms with Gasteiger partial charge in [-0.15, -0.1) is 0 Å². The first-order chi connectivity index (χ1) is 18.6. The maximum Gasteiger partial charge on any atom is 0.442 e. The minimum Gasteiger partial charge on any atom is -0.445 e. The Morgan fingerprint density at radius 3 is 2.23 bits per heavy atom. The van der Waals surface area contributed by atoms with Crippen molar-refractivity contribution in [3.8, 4) is 11.4 Å². The fraction of sp³-hybridized carbons (Fsp3) is 0.429. The highest BCUT2D eigenvalue weighted by molar-refractivity contribution is 5.92. The number of amides is 2. The van der Waals surface area contributed by atoms with E-state index in [1.807, 2.05) is 58.0 Å². The summed E-state index contributed by atoms with van der Waals surface area (Å²) >= 11 is 0. The zero-order valence-corrected chi connectivity index (χ0v) is 22.6. The van der Waals surface area contributed by atoms with Crippen molar-refractivity contribution in [2.45, 2.75) is 65.8 Å². The number of ketones is 1. The molecule has 0 bridgehead atoms. The first-order valence-corrected chi connectivity index (χ1v) is 12.9. The molecule has 0 aliphatic heterocycles. The van der Waals surface area contributed by atoms with E-state index in [1.54, 1.807) is 12.1 Å². The van der Waals surface area contributed by atoms with Gasteiger partial charge in [0.2, 0.25) is 5.91 Å². The molecule has 0 radical (unpaired) electrons. The molecular formula is C28H39N5O6.